The average molecular weight is 496 g/mol. The molecule has 0 spiro atoms. The van der Waals surface area contributed by atoms with Crippen LogP contribution >= 0.6 is 0 Å². The lowest BCUT2D eigenvalue weighted by molar-refractivity contribution is -0.120. The second-order valence-electron chi connectivity index (χ2n) is 8.73. The van der Waals surface area contributed by atoms with Crippen molar-refractivity contribution >= 4 is 23.2 Å². The Balaban J connectivity index is 1.29. The number of anilines is 2. The number of tetrazole rings is 1. The molecule has 3 aromatic rings. The summed E-state index contributed by atoms with van der Waals surface area (Å²) in [6.45, 7) is 1.43. The second kappa shape index (κ2) is 9.90. The van der Waals surface area contributed by atoms with Gasteiger partial charge in [0.2, 0.25) is 0 Å². The lowest BCUT2D eigenvalue weighted by Gasteiger charge is -2.23. The number of halogens is 1. The van der Waals surface area contributed by atoms with E-state index in [9.17, 15) is 9.59 Å². The summed E-state index contributed by atoms with van der Waals surface area (Å²) in [5.74, 6) is -1.39. The number of rotatable bonds is 6. The van der Waals surface area contributed by atoms with Crippen molar-refractivity contribution in [3.05, 3.63) is 59.7 Å². The van der Waals surface area contributed by atoms with Crippen LogP contribution in [0.3, 0.4) is 0 Å². The molecular formula is C24H26FN7O4. The summed E-state index contributed by atoms with van der Waals surface area (Å²) < 4.78 is 26.3. The van der Waals surface area contributed by atoms with E-state index in [1.54, 1.807) is 13.2 Å². The predicted octanol–water partition coefficient (Wildman–Crippen LogP) is 1.24. The fraction of sp³-hybridized carbons (Fsp3) is 0.375. The number of aromatic nitrogens is 4. The van der Waals surface area contributed by atoms with Gasteiger partial charge in [-0.25, -0.2) is 4.39 Å². The zero-order chi connectivity index (χ0) is 25.2. The first-order valence-corrected chi connectivity index (χ1v) is 11.6. The largest absolute Gasteiger partial charge is 0.489 e. The Kier molecular flexibility index (Phi) is 6.51. The van der Waals surface area contributed by atoms with E-state index in [2.05, 4.69) is 20.7 Å². The third-order valence-corrected chi connectivity index (χ3v) is 6.37. The van der Waals surface area contributed by atoms with Crippen LogP contribution in [0.4, 0.5) is 15.8 Å². The molecule has 12 heteroatoms. The number of carbonyl (C=O) groups excluding carboxylic acids is 2. The summed E-state index contributed by atoms with van der Waals surface area (Å²) in [5.41, 5.74) is 1.62. The van der Waals surface area contributed by atoms with Crippen molar-refractivity contribution in [2.75, 3.05) is 43.7 Å². The molecule has 5 rings (SSSR count). The number of nitrogens with one attached hydrogen (secondary N) is 1. The van der Waals surface area contributed by atoms with Gasteiger partial charge in [-0.2, -0.15) is 4.80 Å². The zero-order valence-electron chi connectivity index (χ0n) is 19.9. The lowest BCUT2D eigenvalue weighted by Crippen LogP contribution is -2.49. The molecule has 2 aliphatic heterocycles. The van der Waals surface area contributed by atoms with Crippen LogP contribution in [-0.2, 0) is 16.1 Å². The van der Waals surface area contributed by atoms with Gasteiger partial charge >= 0.3 is 0 Å². The topological polar surface area (TPSA) is 115 Å². The fourth-order valence-electron chi connectivity index (χ4n) is 4.36. The van der Waals surface area contributed by atoms with Gasteiger partial charge < -0.3 is 24.6 Å². The highest BCUT2D eigenvalue weighted by Crippen LogP contribution is 2.37. The molecule has 1 saturated heterocycles. The van der Waals surface area contributed by atoms with Crippen LogP contribution in [0, 0.1) is 5.82 Å². The summed E-state index contributed by atoms with van der Waals surface area (Å²) in [4.78, 5) is 30.3. The Morgan fingerprint density at radius 1 is 1.25 bits per heavy atom. The molecule has 0 saturated carbocycles. The number of fused-ring (bicyclic) bond motifs is 1. The second-order valence-corrected chi connectivity index (χ2v) is 8.73. The van der Waals surface area contributed by atoms with Crippen molar-refractivity contribution < 1.29 is 23.5 Å². The third-order valence-electron chi connectivity index (χ3n) is 6.37. The summed E-state index contributed by atoms with van der Waals surface area (Å²) in [6.07, 6.45) is 0.830. The van der Waals surface area contributed by atoms with Gasteiger partial charge in [-0.15, -0.1) is 10.2 Å². The number of hydrogen-bond acceptors (Lipinski definition) is 8. The standard InChI is InChI=1S/C24H26FN7O4/c1-30-20-10-17(25)19(31-9-8-16(13-31)35-2)11-21(20)36-14-18(24(30)34)26-23(33)22-27-29-32(28-22)12-15-6-4-3-5-7-15/h3-7,10-11,16,18H,8-9,12-14H2,1-2H3,(H,26,33)/t16-,18+/m1/s1. The smallest absolute Gasteiger partial charge is 0.293 e. The van der Waals surface area contributed by atoms with Crippen molar-refractivity contribution in [3.8, 4) is 5.75 Å². The Morgan fingerprint density at radius 2 is 2.06 bits per heavy atom. The molecule has 2 aromatic carbocycles. The first-order valence-electron chi connectivity index (χ1n) is 11.6. The minimum atomic E-state index is -1.02. The summed E-state index contributed by atoms with van der Waals surface area (Å²) in [6, 6.07) is 11.4. The Labute approximate surface area is 206 Å². The summed E-state index contributed by atoms with van der Waals surface area (Å²) in [5, 5.41) is 14.4. The van der Waals surface area contributed by atoms with Crippen molar-refractivity contribution in [2.24, 2.45) is 0 Å². The van der Waals surface area contributed by atoms with Gasteiger partial charge in [0.05, 0.1) is 24.0 Å². The molecule has 0 bridgehead atoms. The number of hydrogen-bond donors (Lipinski definition) is 1. The molecule has 3 heterocycles. The van der Waals surface area contributed by atoms with E-state index in [0.29, 0.717) is 31.1 Å². The van der Waals surface area contributed by atoms with E-state index in [0.717, 1.165) is 12.0 Å². The number of amides is 2. The molecule has 1 aromatic heterocycles. The average Bonchev–Trinajstić information content (AvgIpc) is 3.54. The third kappa shape index (κ3) is 4.71. The summed E-state index contributed by atoms with van der Waals surface area (Å²) in [7, 11) is 3.15. The SMILES string of the molecule is CO[C@@H]1CCN(c2cc3c(cc2F)N(C)C(=O)[C@@H](NC(=O)c2nnn(Cc4ccccc4)n2)CO3)C1. The van der Waals surface area contributed by atoms with Crippen LogP contribution in [0.15, 0.2) is 42.5 Å². The van der Waals surface area contributed by atoms with Crippen LogP contribution in [0.5, 0.6) is 5.75 Å². The van der Waals surface area contributed by atoms with Gasteiger partial charge in [0.1, 0.15) is 24.2 Å². The number of nitrogens with zero attached hydrogens (tertiary/aromatic N) is 6. The van der Waals surface area contributed by atoms with Gasteiger partial charge in [-0.1, -0.05) is 30.3 Å². The lowest BCUT2D eigenvalue weighted by atomic mass is 10.2. The molecular weight excluding hydrogens is 469 g/mol. The number of carbonyl (C=O) groups is 2. The first-order chi connectivity index (χ1) is 17.4. The van der Waals surface area contributed by atoms with Crippen LogP contribution in [0.1, 0.15) is 22.6 Å². The molecule has 2 aliphatic rings. The highest BCUT2D eigenvalue weighted by molar-refractivity contribution is 6.02. The van der Waals surface area contributed by atoms with E-state index in [4.69, 9.17) is 9.47 Å². The van der Waals surface area contributed by atoms with Crippen molar-refractivity contribution in [3.63, 3.8) is 0 Å². The monoisotopic (exact) mass is 495 g/mol. The minimum Gasteiger partial charge on any atom is -0.489 e. The van der Waals surface area contributed by atoms with Gasteiger partial charge in [0.25, 0.3) is 17.6 Å². The molecule has 1 N–H and O–H groups in total. The van der Waals surface area contributed by atoms with Crippen molar-refractivity contribution in [2.45, 2.75) is 25.1 Å². The normalized spacial score (nSPS) is 19.6. The van der Waals surface area contributed by atoms with Gasteiger partial charge in [0, 0.05) is 39.4 Å². The summed E-state index contributed by atoms with van der Waals surface area (Å²) >= 11 is 0. The minimum absolute atomic E-state index is 0.0345. The van der Waals surface area contributed by atoms with E-state index < -0.39 is 23.7 Å². The van der Waals surface area contributed by atoms with Crippen LogP contribution < -0.4 is 19.9 Å². The molecule has 2 atom stereocenters. The molecule has 36 heavy (non-hydrogen) atoms. The Morgan fingerprint density at radius 3 is 2.81 bits per heavy atom. The van der Waals surface area contributed by atoms with E-state index >= 15 is 4.39 Å². The van der Waals surface area contributed by atoms with Crippen LogP contribution in [0.2, 0.25) is 0 Å². The number of likely N-dealkylation sites (N-methyl/N-ethyl adjacent to an activating group) is 1. The van der Waals surface area contributed by atoms with Crippen LogP contribution in [-0.4, -0.2) is 78.0 Å². The van der Waals surface area contributed by atoms with Crippen molar-refractivity contribution in [1.82, 2.24) is 25.5 Å². The van der Waals surface area contributed by atoms with E-state index in [1.807, 2.05) is 35.2 Å². The molecule has 1 fully saturated rings. The molecule has 2 amide bonds. The number of methoxy groups -OCH3 is 1. The number of benzene rings is 2. The molecule has 0 radical (unpaired) electrons. The first kappa shape index (κ1) is 23.7. The van der Waals surface area contributed by atoms with Gasteiger partial charge in [0.15, 0.2) is 0 Å². The van der Waals surface area contributed by atoms with Crippen molar-refractivity contribution in [1.29, 1.82) is 0 Å². The number of ether oxygens (including phenoxy) is 2. The quantitative estimate of drug-likeness (QED) is 0.543. The maximum Gasteiger partial charge on any atom is 0.293 e. The Bertz CT molecular complexity index is 1270. The molecule has 0 unspecified atom stereocenters. The van der Waals surface area contributed by atoms with Gasteiger partial charge in [-0.3, -0.25) is 9.59 Å². The maximum atomic E-state index is 15.0. The molecule has 188 valence electrons. The fourth-order valence-corrected chi connectivity index (χ4v) is 4.36. The molecule has 11 nitrogen and oxygen atoms in total. The maximum absolute atomic E-state index is 15.0. The predicted molar refractivity (Wildman–Crippen MR) is 128 cm³/mol. The van der Waals surface area contributed by atoms with E-state index in [-0.39, 0.29) is 24.2 Å². The molecule has 0 aliphatic carbocycles. The Hall–Kier alpha value is -4.06. The van der Waals surface area contributed by atoms with E-state index in [1.165, 1.54) is 22.8 Å². The van der Waals surface area contributed by atoms with Crippen LogP contribution in [0.25, 0.3) is 0 Å². The highest BCUT2D eigenvalue weighted by Gasteiger charge is 2.34. The van der Waals surface area contributed by atoms with Gasteiger partial charge in [-0.05, 0) is 17.2 Å². The highest BCUT2D eigenvalue weighted by atomic mass is 19.1. The zero-order valence-corrected chi connectivity index (χ0v) is 19.9.